The number of anilines is 1. The second-order valence-electron chi connectivity index (χ2n) is 9.28. The van der Waals surface area contributed by atoms with E-state index in [-0.39, 0.29) is 6.03 Å². The first-order chi connectivity index (χ1) is 17.2. The van der Waals surface area contributed by atoms with Gasteiger partial charge in [-0.05, 0) is 69.0 Å². The highest BCUT2D eigenvalue weighted by molar-refractivity contribution is 6.31. The van der Waals surface area contributed by atoms with E-state index in [9.17, 15) is 4.79 Å². The van der Waals surface area contributed by atoms with E-state index in [1.165, 1.54) is 5.56 Å². The van der Waals surface area contributed by atoms with E-state index in [4.69, 9.17) is 21.1 Å². The first kappa shape index (κ1) is 23.8. The van der Waals surface area contributed by atoms with Crippen molar-refractivity contribution in [3.63, 3.8) is 0 Å². The third-order valence-corrected chi connectivity index (χ3v) is 7.14. The highest BCUT2D eigenvalue weighted by Crippen LogP contribution is 2.40. The summed E-state index contributed by atoms with van der Waals surface area (Å²) in [6.45, 7) is 9.98. The number of amides is 2. The molecule has 1 aromatic heterocycles. The molecule has 6 nitrogen and oxygen atoms in total. The van der Waals surface area contributed by atoms with Crippen LogP contribution in [-0.2, 0) is 0 Å². The summed E-state index contributed by atoms with van der Waals surface area (Å²) in [5.74, 6) is 0.848. The number of halogens is 1. The molecule has 3 aromatic carbocycles. The molecule has 0 spiro atoms. The summed E-state index contributed by atoms with van der Waals surface area (Å²) in [6, 6.07) is 19.0. The fourth-order valence-corrected chi connectivity index (χ4v) is 4.57. The number of carbonyl (C=O) groups excluding carboxylic acids is 1. The third-order valence-electron chi connectivity index (χ3n) is 6.73. The molecule has 1 atom stereocenters. The van der Waals surface area contributed by atoms with E-state index in [0.717, 1.165) is 33.4 Å². The molecule has 0 bridgehead atoms. The Morgan fingerprint density at radius 3 is 2.31 bits per heavy atom. The quantitative estimate of drug-likeness (QED) is 0.320. The fourth-order valence-electron chi connectivity index (χ4n) is 4.40. The zero-order valence-electron chi connectivity index (χ0n) is 20.9. The van der Waals surface area contributed by atoms with E-state index in [1.54, 1.807) is 11.0 Å². The van der Waals surface area contributed by atoms with Gasteiger partial charge in [-0.2, -0.15) is 4.98 Å². The van der Waals surface area contributed by atoms with E-state index in [0.29, 0.717) is 28.1 Å². The van der Waals surface area contributed by atoms with Crippen molar-refractivity contribution < 1.29 is 9.32 Å². The molecule has 182 valence electrons. The van der Waals surface area contributed by atoms with Gasteiger partial charge in [-0.3, -0.25) is 4.90 Å². The summed E-state index contributed by atoms with van der Waals surface area (Å²) in [5.41, 5.74) is 8.30. The van der Waals surface area contributed by atoms with Crippen molar-refractivity contribution in [3.8, 4) is 11.4 Å². The van der Waals surface area contributed by atoms with E-state index < -0.39 is 6.04 Å². The maximum atomic E-state index is 13.4. The van der Waals surface area contributed by atoms with Crippen LogP contribution >= 0.6 is 11.6 Å². The fraction of sp³-hybridized carbons (Fsp3) is 0.207. The van der Waals surface area contributed by atoms with Crippen LogP contribution in [0.15, 0.2) is 70.9 Å². The molecular formula is C29H27ClN4O2. The predicted molar refractivity (Wildman–Crippen MR) is 143 cm³/mol. The second kappa shape index (κ2) is 9.28. The molecule has 0 saturated heterocycles. The van der Waals surface area contributed by atoms with Gasteiger partial charge in [-0.1, -0.05) is 70.9 Å². The standard InChI is InChI=1S/C29H27ClN4O2/c1-16-6-10-21(11-7-16)27-32-28(36-33-27)25-20(5)34(23-13-9-18(3)24(30)15-23)29(35)31-26(25)22-12-8-17(2)19(4)14-22/h6-15,26H,1-5H3,(H,31,35). The normalized spacial score (nSPS) is 15.9. The molecule has 2 amide bonds. The number of benzene rings is 3. The molecule has 0 saturated carbocycles. The van der Waals surface area contributed by atoms with Crippen LogP contribution in [0, 0.1) is 27.7 Å². The van der Waals surface area contributed by atoms with Gasteiger partial charge in [0.05, 0.1) is 17.3 Å². The highest BCUT2D eigenvalue weighted by Gasteiger charge is 2.36. The molecule has 7 heteroatoms. The number of hydrogen-bond donors (Lipinski definition) is 1. The second-order valence-corrected chi connectivity index (χ2v) is 9.69. The van der Waals surface area contributed by atoms with Crippen LogP contribution in [0.2, 0.25) is 5.02 Å². The van der Waals surface area contributed by atoms with Gasteiger partial charge in [0, 0.05) is 16.3 Å². The van der Waals surface area contributed by atoms with Crippen molar-refractivity contribution in [2.75, 3.05) is 4.90 Å². The summed E-state index contributed by atoms with van der Waals surface area (Å²) in [6.07, 6.45) is 0. The molecule has 1 aliphatic rings. The lowest BCUT2D eigenvalue weighted by Crippen LogP contribution is -2.46. The minimum Gasteiger partial charge on any atom is -0.334 e. The van der Waals surface area contributed by atoms with Gasteiger partial charge < -0.3 is 9.84 Å². The van der Waals surface area contributed by atoms with Crippen LogP contribution in [0.5, 0.6) is 0 Å². The van der Waals surface area contributed by atoms with Crippen LogP contribution in [0.25, 0.3) is 17.0 Å². The Bertz CT molecular complexity index is 1500. The predicted octanol–water partition coefficient (Wildman–Crippen LogP) is 7.33. The minimum atomic E-state index is -0.458. The van der Waals surface area contributed by atoms with Gasteiger partial charge in [0.25, 0.3) is 5.89 Å². The number of nitrogens with one attached hydrogen (secondary N) is 1. The monoisotopic (exact) mass is 498 g/mol. The van der Waals surface area contributed by atoms with Crippen molar-refractivity contribution in [1.82, 2.24) is 15.5 Å². The number of aryl methyl sites for hydroxylation is 4. The molecule has 1 aliphatic heterocycles. The Kier molecular flexibility index (Phi) is 6.14. The molecule has 1 N–H and O–H groups in total. The van der Waals surface area contributed by atoms with Crippen LogP contribution in [0.1, 0.15) is 46.7 Å². The first-order valence-electron chi connectivity index (χ1n) is 11.8. The van der Waals surface area contributed by atoms with Gasteiger partial charge in [0.1, 0.15) is 0 Å². The third kappa shape index (κ3) is 4.29. The Morgan fingerprint density at radius 2 is 1.61 bits per heavy atom. The molecule has 2 heterocycles. The summed E-state index contributed by atoms with van der Waals surface area (Å²) in [7, 11) is 0. The van der Waals surface area contributed by atoms with Gasteiger partial charge in [-0.25, -0.2) is 4.79 Å². The van der Waals surface area contributed by atoms with Crippen LogP contribution in [0.3, 0.4) is 0 Å². The van der Waals surface area contributed by atoms with Crippen molar-refractivity contribution in [1.29, 1.82) is 0 Å². The Labute approximate surface area is 215 Å². The van der Waals surface area contributed by atoms with Gasteiger partial charge in [0.2, 0.25) is 5.82 Å². The molecule has 0 radical (unpaired) electrons. The summed E-state index contributed by atoms with van der Waals surface area (Å²) >= 11 is 6.41. The maximum Gasteiger partial charge on any atom is 0.326 e. The van der Waals surface area contributed by atoms with Crippen molar-refractivity contribution in [2.45, 2.75) is 40.7 Å². The van der Waals surface area contributed by atoms with Crippen LogP contribution in [-0.4, -0.2) is 16.2 Å². The highest BCUT2D eigenvalue weighted by atomic mass is 35.5. The number of urea groups is 1. The topological polar surface area (TPSA) is 71.3 Å². The average Bonchev–Trinajstić information content (AvgIpc) is 3.33. The van der Waals surface area contributed by atoms with Gasteiger partial charge in [-0.15, -0.1) is 0 Å². The number of rotatable bonds is 4. The Hall–Kier alpha value is -3.90. The zero-order chi connectivity index (χ0) is 25.6. The van der Waals surface area contributed by atoms with E-state index >= 15 is 0 Å². The molecule has 0 fully saturated rings. The molecular weight excluding hydrogens is 472 g/mol. The Balaban J connectivity index is 1.67. The lowest BCUT2D eigenvalue weighted by atomic mass is 9.92. The average molecular weight is 499 g/mol. The van der Waals surface area contributed by atoms with Gasteiger partial charge in [0.15, 0.2) is 0 Å². The summed E-state index contributed by atoms with van der Waals surface area (Å²) in [4.78, 5) is 19.8. The molecule has 1 unspecified atom stereocenters. The van der Waals surface area contributed by atoms with Crippen molar-refractivity contribution >= 4 is 28.9 Å². The smallest absolute Gasteiger partial charge is 0.326 e. The number of allylic oxidation sites excluding steroid dienone is 1. The van der Waals surface area contributed by atoms with Gasteiger partial charge >= 0.3 is 6.03 Å². The lowest BCUT2D eigenvalue weighted by molar-refractivity contribution is 0.244. The number of aromatic nitrogens is 2. The lowest BCUT2D eigenvalue weighted by Gasteiger charge is -2.35. The number of nitrogens with zero attached hydrogens (tertiary/aromatic N) is 3. The van der Waals surface area contributed by atoms with Crippen molar-refractivity contribution in [2.24, 2.45) is 0 Å². The Morgan fingerprint density at radius 1 is 0.889 bits per heavy atom. The summed E-state index contributed by atoms with van der Waals surface area (Å²) < 4.78 is 5.80. The molecule has 4 aromatic rings. The first-order valence-corrected chi connectivity index (χ1v) is 12.2. The van der Waals surface area contributed by atoms with E-state index in [2.05, 4.69) is 36.5 Å². The van der Waals surface area contributed by atoms with Crippen LogP contribution < -0.4 is 10.2 Å². The SMILES string of the molecule is CC1=C(c2nc(-c3ccc(C)cc3)no2)C(c2ccc(C)c(C)c2)NC(=O)N1c1ccc(C)c(Cl)c1. The maximum absolute atomic E-state index is 13.4. The molecule has 5 rings (SSSR count). The minimum absolute atomic E-state index is 0.252. The molecule has 0 aliphatic carbocycles. The summed E-state index contributed by atoms with van der Waals surface area (Å²) in [5, 5.41) is 8.00. The molecule has 36 heavy (non-hydrogen) atoms. The number of carbonyl (C=O) groups is 1. The zero-order valence-corrected chi connectivity index (χ0v) is 21.6. The van der Waals surface area contributed by atoms with Crippen molar-refractivity contribution in [3.05, 3.63) is 105 Å². The van der Waals surface area contributed by atoms with Crippen LogP contribution in [0.4, 0.5) is 10.5 Å². The number of hydrogen-bond acceptors (Lipinski definition) is 4. The largest absolute Gasteiger partial charge is 0.334 e. The van der Waals surface area contributed by atoms with E-state index in [1.807, 2.05) is 63.2 Å².